The average molecular weight is 383 g/mol. The van der Waals surface area contributed by atoms with Crippen LogP contribution in [-0.2, 0) is 6.54 Å². The number of hydrogen-bond acceptors (Lipinski definition) is 4. The molecule has 0 unspecified atom stereocenters. The van der Waals surface area contributed by atoms with Crippen molar-refractivity contribution in [1.29, 1.82) is 0 Å². The van der Waals surface area contributed by atoms with E-state index in [0.29, 0.717) is 12.5 Å². The van der Waals surface area contributed by atoms with Crippen LogP contribution in [0.15, 0.2) is 59.2 Å². The highest BCUT2D eigenvalue weighted by Crippen LogP contribution is 2.23. The number of halogens is 1. The van der Waals surface area contributed by atoms with Gasteiger partial charge in [0.05, 0.1) is 0 Å². The lowest BCUT2D eigenvalue weighted by molar-refractivity contribution is 1.04. The zero-order valence-corrected chi connectivity index (χ0v) is 15.3. The number of anilines is 3. The maximum absolute atomic E-state index is 4.52. The molecular formula is C19H19BrN4. The van der Waals surface area contributed by atoms with Crippen LogP contribution in [0, 0.1) is 13.8 Å². The van der Waals surface area contributed by atoms with Gasteiger partial charge in [-0.1, -0.05) is 46.3 Å². The first-order valence-corrected chi connectivity index (χ1v) is 8.56. The van der Waals surface area contributed by atoms with Gasteiger partial charge in [-0.3, -0.25) is 0 Å². The van der Waals surface area contributed by atoms with E-state index in [1.807, 2.05) is 30.3 Å². The van der Waals surface area contributed by atoms with E-state index in [-0.39, 0.29) is 0 Å². The molecule has 0 bridgehead atoms. The van der Waals surface area contributed by atoms with Crippen molar-refractivity contribution in [3.63, 3.8) is 0 Å². The molecule has 0 amide bonds. The topological polar surface area (TPSA) is 49.8 Å². The number of aromatic nitrogens is 2. The van der Waals surface area contributed by atoms with E-state index in [1.165, 1.54) is 16.7 Å². The zero-order valence-electron chi connectivity index (χ0n) is 13.7. The number of aryl methyl sites for hydroxylation is 2. The fourth-order valence-corrected chi connectivity index (χ4v) is 2.69. The molecular weight excluding hydrogens is 364 g/mol. The van der Waals surface area contributed by atoms with Crippen molar-refractivity contribution >= 4 is 33.4 Å². The molecule has 0 saturated carbocycles. The summed E-state index contributed by atoms with van der Waals surface area (Å²) >= 11 is 3.55. The summed E-state index contributed by atoms with van der Waals surface area (Å²) in [5, 5.41) is 6.58. The molecule has 3 aromatic rings. The van der Waals surface area contributed by atoms with Gasteiger partial charge in [-0.15, -0.1) is 0 Å². The molecule has 1 heterocycles. The zero-order chi connectivity index (χ0) is 16.9. The smallest absolute Gasteiger partial charge is 0.224 e. The Morgan fingerprint density at radius 3 is 2.62 bits per heavy atom. The predicted molar refractivity (Wildman–Crippen MR) is 103 cm³/mol. The number of nitrogens with zero attached hydrogens (tertiary/aromatic N) is 2. The highest BCUT2D eigenvalue weighted by molar-refractivity contribution is 9.10. The minimum absolute atomic E-state index is 0.606. The number of benzene rings is 2. The van der Waals surface area contributed by atoms with Crippen LogP contribution in [0.2, 0.25) is 0 Å². The van der Waals surface area contributed by atoms with E-state index in [1.54, 1.807) is 6.20 Å². The first-order chi connectivity index (χ1) is 11.6. The van der Waals surface area contributed by atoms with Crippen LogP contribution in [0.4, 0.5) is 17.5 Å². The molecule has 0 radical (unpaired) electrons. The van der Waals surface area contributed by atoms with Crippen molar-refractivity contribution in [2.24, 2.45) is 0 Å². The van der Waals surface area contributed by atoms with Crippen LogP contribution in [0.1, 0.15) is 16.7 Å². The summed E-state index contributed by atoms with van der Waals surface area (Å²) in [5.41, 5.74) is 4.67. The lowest BCUT2D eigenvalue weighted by atomic mass is 10.1. The molecule has 4 nitrogen and oxygen atoms in total. The van der Waals surface area contributed by atoms with Crippen LogP contribution >= 0.6 is 15.9 Å². The van der Waals surface area contributed by atoms with Gasteiger partial charge in [-0.05, 0) is 48.7 Å². The second-order valence-corrected chi connectivity index (χ2v) is 6.49. The summed E-state index contributed by atoms with van der Waals surface area (Å²) in [5.74, 6) is 1.36. The SMILES string of the molecule is Cc1ccc(Nc2ccnc(NCc3ccccc3C)n2)cc1Br. The third-order valence-corrected chi connectivity index (χ3v) is 4.65. The van der Waals surface area contributed by atoms with Gasteiger partial charge in [-0.25, -0.2) is 4.98 Å². The van der Waals surface area contributed by atoms with E-state index in [0.717, 1.165) is 16.0 Å². The molecule has 0 aliphatic heterocycles. The fourth-order valence-electron chi connectivity index (χ4n) is 2.31. The van der Waals surface area contributed by atoms with Crippen molar-refractivity contribution in [3.8, 4) is 0 Å². The van der Waals surface area contributed by atoms with Crippen molar-refractivity contribution in [3.05, 3.63) is 75.9 Å². The Morgan fingerprint density at radius 2 is 1.83 bits per heavy atom. The standard InChI is InChI=1S/C19H19BrN4/c1-13-5-3-4-6-15(13)12-22-19-21-10-9-18(24-19)23-16-8-7-14(2)17(20)11-16/h3-11H,12H2,1-2H3,(H2,21,22,23,24). The van der Waals surface area contributed by atoms with E-state index >= 15 is 0 Å². The molecule has 24 heavy (non-hydrogen) atoms. The number of hydrogen-bond donors (Lipinski definition) is 2. The molecule has 3 rings (SSSR count). The third kappa shape index (κ3) is 4.11. The van der Waals surface area contributed by atoms with Gasteiger partial charge < -0.3 is 10.6 Å². The first-order valence-electron chi connectivity index (χ1n) is 7.76. The summed E-state index contributed by atoms with van der Waals surface area (Å²) in [4.78, 5) is 8.80. The highest BCUT2D eigenvalue weighted by Gasteiger charge is 2.03. The summed E-state index contributed by atoms with van der Waals surface area (Å²) in [6, 6.07) is 16.3. The van der Waals surface area contributed by atoms with Gasteiger partial charge in [0.15, 0.2) is 0 Å². The molecule has 2 aromatic carbocycles. The lowest BCUT2D eigenvalue weighted by Crippen LogP contribution is -2.06. The van der Waals surface area contributed by atoms with E-state index in [9.17, 15) is 0 Å². The van der Waals surface area contributed by atoms with Crippen molar-refractivity contribution in [2.75, 3.05) is 10.6 Å². The predicted octanol–water partition coefficient (Wildman–Crippen LogP) is 5.21. The van der Waals surface area contributed by atoms with Crippen molar-refractivity contribution in [1.82, 2.24) is 9.97 Å². The van der Waals surface area contributed by atoms with Gasteiger partial charge in [0.2, 0.25) is 5.95 Å². The lowest BCUT2D eigenvalue weighted by Gasteiger charge is -2.10. The Morgan fingerprint density at radius 1 is 1.00 bits per heavy atom. The molecule has 5 heteroatoms. The average Bonchev–Trinajstić information content (AvgIpc) is 2.58. The fraction of sp³-hybridized carbons (Fsp3) is 0.158. The Bertz CT molecular complexity index is 848. The van der Waals surface area contributed by atoms with Crippen LogP contribution < -0.4 is 10.6 Å². The molecule has 2 N–H and O–H groups in total. The molecule has 0 aliphatic rings. The number of rotatable bonds is 5. The molecule has 122 valence electrons. The van der Waals surface area contributed by atoms with Gasteiger partial charge in [0.25, 0.3) is 0 Å². The van der Waals surface area contributed by atoms with Gasteiger partial charge in [0.1, 0.15) is 5.82 Å². The van der Waals surface area contributed by atoms with Crippen molar-refractivity contribution in [2.45, 2.75) is 20.4 Å². The van der Waals surface area contributed by atoms with E-state index in [4.69, 9.17) is 0 Å². The Hall–Kier alpha value is -2.40. The van der Waals surface area contributed by atoms with Gasteiger partial charge in [0, 0.05) is 22.9 Å². The normalized spacial score (nSPS) is 10.5. The Labute approximate surface area is 150 Å². The minimum Gasteiger partial charge on any atom is -0.350 e. The van der Waals surface area contributed by atoms with Crippen molar-refractivity contribution < 1.29 is 0 Å². The van der Waals surface area contributed by atoms with Gasteiger partial charge >= 0.3 is 0 Å². The second-order valence-electron chi connectivity index (χ2n) is 5.63. The van der Waals surface area contributed by atoms with Crippen LogP contribution in [0.25, 0.3) is 0 Å². The van der Waals surface area contributed by atoms with E-state index < -0.39 is 0 Å². The molecule has 0 aliphatic carbocycles. The van der Waals surface area contributed by atoms with Gasteiger partial charge in [-0.2, -0.15) is 4.98 Å². The summed E-state index contributed by atoms with van der Waals surface area (Å²) in [6.45, 7) is 4.86. The monoisotopic (exact) mass is 382 g/mol. The molecule has 0 fully saturated rings. The molecule has 0 saturated heterocycles. The highest BCUT2D eigenvalue weighted by atomic mass is 79.9. The summed E-state index contributed by atoms with van der Waals surface area (Å²) < 4.78 is 1.07. The first kappa shape index (κ1) is 16.5. The maximum Gasteiger partial charge on any atom is 0.224 e. The summed E-state index contributed by atoms with van der Waals surface area (Å²) in [6.07, 6.45) is 1.75. The quantitative estimate of drug-likeness (QED) is 0.635. The third-order valence-electron chi connectivity index (χ3n) is 3.80. The van der Waals surface area contributed by atoms with Crippen LogP contribution in [0.5, 0.6) is 0 Å². The molecule has 1 aromatic heterocycles. The van der Waals surface area contributed by atoms with Crippen LogP contribution in [0.3, 0.4) is 0 Å². The van der Waals surface area contributed by atoms with E-state index in [2.05, 4.69) is 68.6 Å². The van der Waals surface area contributed by atoms with Crippen LogP contribution in [-0.4, -0.2) is 9.97 Å². The number of nitrogens with one attached hydrogen (secondary N) is 2. The Kier molecular flexibility index (Phi) is 5.11. The largest absolute Gasteiger partial charge is 0.350 e. The molecule has 0 atom stereocenters. The summed E-state index contributed by atoms with van der Waals surface area (Å²) in [7, 11) is 0. The maximum atomic E-state index is 4.52. The second kappa shape index (κ2) is 7.45. The molecule has 0 spiro atoms. The Balaban J connectivity index is 1.69. The minimum atomic E-state index is 0.606.